The van der Waals surface area contributed by atoms with E-state index in [2.05, 4.69) is 26.6 Å². The van der Waals surface area contributed by atoms with Gasteiger partial charge in [-0.1, -0.05) is 24.3 Å². The van der Waals surface area contributed by atoms with Gasteiger partial charge in [-0.2, -0.15) is 0 Å². The van der Waals surface area contributed by atoms with E-state index in [1.807, 2.05) is 63.4 Å². The van der Waals surface area contributed by atoms with Gasteiger partial charge in [-0.15, -0.1) is 0 Å². The molecular weight excluding hydrogens is 382 g/mol. The van der Waals surface area contributed by atoms with Crippen molar-refractivity contribution in [2.75, 3.05) is 30.8 Å². The monoisotopic (exact) mass is 404 g/mol. The van der Waals surface area contributed by atoms with Crippen LogP contribution in [0.3, 0.4) is 0 Å². The molecule has 0 aliphatic rings. The second-order valence-electron chi connectivity index (χ2n) is 6.13. The first-order valence-electron chi connectivity index (χ1n) is 8.08. The van der Waals surface area contributed by atoms with Crippen LogP contribution in [0.5, 0.6) is 0 Å². The molecule has 0 heterocycles. The summed E-state index contributed by atoms with van der Waals surface area (Å²) in [6.07, 6.45) is 0. The fraction of sp³-hybridized carbons (Fsp3) is 0.263. The van der Waals surface area contributed by atoms with Gasteiger partial charge in [-0.05, 0) is 59.1 Å². The fourth-order valence-corrected chi connectivity index (χ4v) is 2.83. The summed E-state index contributed by atoms with van der Waals surface area (Å²) in [6.45, 7) is 4.42. The molecule has 0 bridgehead atoms. The number of hydrogen-bond acceptors (Lipinski definition) is 2. The highest BCUT2D eigenvalue weighted by molar-refractivity contribution is 9.10. The number of benzene rings is 2. The van der Waals surface area contributed by atoms with Gasteiger partial charge >= 0.3 is 0 Å². The molecule has 0 aliphatic heterocycles. The molecular formula is C19H23BrN3O2+. The molecule has 0 saturated carbocycles. The molecule has 5 nitrogen and oxygen atoms in total. The molecule has 6 heteroatoms. The summed E-state index contributed by atoms with van der Waals surface area (Å²) in [7, 11) is 1.82. The Hall–Kier alpha value is -2.18. The third-order valence-electron chi connectivity index (χ3n) is 3.95. The molecule has 0 fully saturated rings. The number of carbonyl (C=O) groups is 2. The lowest BCUT2D eigenvalue weighted by molar-refractivity contribution is -0.862. The van der Waals surface area contributed by atoms with E-state index in [9.17, 15) is 9.59 Å². The van der Waals surface area contributed by atoms with E-state index >= 15 is 0 Å². The number of carbonyl (C=O) groups excluding carboxylic acids is 2. The van der Waals surface area contributed by atoms with Crippen molar-refractivity contribution < 1.29 is 14.5 Å². The minimum Gasteiger partial charge on any atom is -0.322 e. The van der Waals surface area contributed by atoms with Gasteiger partial charge in [0.2, 0.25) is 0 Å². The Labute approximate surface area is 156 Å². The Morgan fingerprint density at radius 2 is 1.48 bits per heavy atom. The van der Waals surface area contributed by atoms with Crippen molar-refractivity contribution in [2.45, 2.75) is 13.8 Å². The summed E-state index contributed by atoms with van der Waals surface area (Å²) in [6, 6.07) is 13.2. The molecule has 0 aliphatic carbocycles. The summed E-state index contributed by atoms with van der Waals surface area (Å²) in [5.74, 6) is -0.246. The molecule has 2 rings (SSSR count). The molecule has 0 saturated heterocycles. The highest BCUT2D eigenvalue weighted by Crippen LogP contribution is 2.20. The molecule has 132 valence electrons. The number of nitrogens with one attached hydrogen (secondary N) is 3. The van der Waals surface area contributed by atoms with Crippen molar-refractivity contribution >= 4 is 39.1 Å². The second-order valence-corrected chi connectivity index (χ2v) is 6.99. The summed E-state index contributed by atoms with van der Waals surface area (Å²) in [4.78, 5) is 25.2. The Morgan fingerprint density at radius 3 is 2.12 bits per heavy atom. The molecule has 0 spiro atoms. The lowest BCUT2D eigenvalue weighted by atomic mass is 10.1. The standard InChI is InChI=1S/C19H22BrN3O2/c1-13-7-6-10-16(14(13)2)21-18(24)11-23(3)12-19(25)22-17-9-5-4-8-15(17)20/h4-10H,11-12H2,1-3H3,(H,21,24)(H,22,25)/p+1. The van der Waals surface area contributed by atoms with Gasteiger partial charge in [-0.3, -0.25) is 9.59 Å². The molecule has 0 radical (unpaired) electrons. The van der Waals surface area contributed by atoms with Crippen LogP contribution in [0, 0.1) is 13.8 Å². The van der Waals surface area contributed by atoms with Gasteiger partial charge in [0.25, 0.3) is 11.8 Å². The zero-order valence-electron chi connectivity index (χ0n) is 14.7. The number of likely N-dealkylation sites (N-methyl/N-ethyl adjacent to an activating group) is 1. The van der Waals surface area contributed by atoms with Crippen molar-refractivity contribution in [2.24, 2.45) is 0 Å². The summed E-state index contributed by atoms with van der Waals surface area (Å²) >= 11 is 3.40. The van der Waals surface area contributed by atoms with E-state index in [4.69, 9.17) is 0 Å². The highest BCUT2D eigenvalue weighted by atomic mass is 79.9. The smallest absolute Gasteiger partial charge is 0.279 e. The summed E-state index contributed by atoms with van der Waals surface area (Å²) < 4.78 is 0.827. The fourth-order valence-electron chi connectivity index (χ4n) is 2.45. The van der Waals surface area contributed by atoms with E-state index in [0.717, 1.165) is 31.9 Å². The lowest BCUT2D eigenvalue weighted by Crippen LogP contribution is -3.11. The number of anilines is 2. The van der Waals surface area contributed by atoms with Crippen LogP contribution in [0.4, 0.5) is 11.4 Å². The maximum Gasteiger partial charge on any atom is 0.279 e. The minimum atomic E-state index is -0.135. The maximum absolute atomic E-state index is 12.2. The summed E-state index contributed by atoms with van der Waals surface area (Å²) in [5.41, 5.74) is 3.72. The van der Waals surface area contributed by atoms with Gasteiger partial charge in [0.1, 0.15) is 0 Å². The molecule has 0 aromatic heterocycles. The van der Waals surface area contributed by atoms with E-state index in [1.54, 1.807) is 0 Å². The quantitative estimate of drug-likeness (QED) is 0.690. The van der Waals surface area contributed by atoms with Crippen LogP contribution in [0.2, 0.25) is 0 Å². The number of hydrogen-bond donors (Lipinski definition) is 3. The second kappa shape index (κ2) is 8.78. The third-order valence-corrected chi connectivity index (χ3v) is 4.64. The molecule has 3 N–H and O–H groups in total. The Bertz CT molecular complexity index is 777. The Morgan fingerprint density at radius 1 is 0.920 bits per heavy atom. The molecule has 2 aromatic carbocycles. The molecule has 2 aromatic rings. The number of quaternary nitrogens is 1. The molecule has 25 heavy (non-hydrogen) atoms. The van der Waals surface area contributed by atoms with Gasteiger partial charge in [0.15, 0.2) is 13.1 Å². The average molecular weight is 405 g/mol. The Balaban J connectivity index is 1.86. The van der Waals surface area contributed by atoms with Crippen molar-refractivity contribution in [3.05, 3.63) is 58.1 Å². The van der Waals surface area contributed by atoms with E-state index in [-0.39, 0.29) is 24.9 Å². The summed E-state index contributed by atoms with van der Waals surface area (Å²) in [5, 5.41) is 5.76. The highest BCUT2D eigenvalue weighted by Gasteiger charge is 2.15. The van der Waals surface area contributed by atoms with Crippen LogP contribution in [0.15, 0.2) is 46.9 Å². The number of amides is 2. The van der Waals surface area contributed by atoms with Crippen molar-refractivity contribution in [3.8, 4) is 0 Å². The van der Waals surface area contributed by atoms with Crippen molar-refractivity contribution in [1.29, 1.82) is 0 Å². The van der Waals surface area contributed by atoms with Gasteiger partial charge < -0.3 is 15.5 Å². The van der Waals surface area contributed by atoms with Gasteiger partial charge in [0, 0.05) is 10.2 Å². The maximum atomic E-state index is 12.2. The molecule has 2 amide bonds. The van der Waals surface area contributed by atoms with Gasteiger partial charge in [0.05, 0.1) is 12.7 Å². The topological polar surface area (TPSA) is 62.6 Å². The third kappa shape index (κ3) is 5.69. The van der Waals surface area contributed by atoms with Crippen LogP contribution >= 0.6 is 15.9 Å². The SMILES string of the molecule is Cc1cccc(NC(=O)C[NH+](C)CC(=O)Nc2ccccc2Br)c1C. The van der Waals surface area contributed by atoms with Crippen LogP contribution in [-0.2, 0) is 9.59 Å². The Kier molecular flexibility index (Phi) is 6.73. The lowest BCUT2D eigenvalue weighted by Gasteiger charge is -2.15. The first-order valence-corrected chi connectivity index (χ1v) is 8.88. The zero-order valence-corrected chi connectivity index (χ0v) is 16.2. The van der Waals surface area contributed by atoms with Crippen molar-refractivity contribution in [3.63, 3.8) is 0 Å². The van der Waals surface area contributed by atoms with E-state index in [0.29, 0.717) is 0 Å². The van der Waals surface area contributed by atoms with Gasteiger partial charge in [-0.25, -0.2) is 0 Å². The molecule has 1 atom stereocenters. The number of aryl methyl sites for hydroxylation is 1. The van der Waals surface area contributed by atoms with Crippen LogP contribution in [0.25, 0.3) is 0 Å². The predicted molar refractivity (Wildman–Crippen MR) is 104 cm³/mol. The normalized spacial score (nSPS) is 11.7. The largest absolute Gasteiger partial charge is 0.322 e. The van der Waals surface area contributed by atoms with Crippen LogP contribution in [0.1, 0.15) is 11.1 Å². The number of para-hydroxylation sites is 1. The van der Waals surface area contributed by atoms with E-state index in [1.165, 1.54) is 0 Å². The van der Waals surface area contributed by atoms with Crippen LogP contribution in [-0.4, -0.2) is 32.0 Å². The first kappa shape index (κ1) is 19.1. The van der Waals surface area contributed by atoms with E-state index < -0.39 is 0 Å². The molecule has 1 unspecified atom stereocenters. The van der Waals surface area contributed by atoms with Crippen molar-refractivity contribution in [1.82, 2.24) is 0 Å². The average Bonchev–Trinajstić information content (AvgIpc) is 2.53. The van der Waals surface area contributed by atoms with Crippen LogP contribution < -0.4 is 15.5 Å². The first-order chi connectivity index (χ1) is 11.9. The minimum absolute atomic E-state index is 0.111. The zero-order chi connectivity index (χ0) is 18.4. The number of halogens is 1. The number of rotatable bonds is 6. The predicted octanol–water partition coefficient (Wildman–Crippen LogP) is 2.16.